The number of fused-ring (bicyclic) bond motifs is 1. The third-order valence-electron chi connectivity index (χ3n) is 4.11. The molecule has 2 aromatic carbocycles. The summed E-state index contributed by atoms with van der Waals surface area (Å²) in [5, 5.41) is 10.9. The Morgan fingerprint density at radius 2 is 1.92 bits per heavy atom. The molecule has 1 heterocycles. The summed E-state index contributed by atoms with van der Waals surface area (Å²) in [4.78, 5) is 24.2. The Morgan fingerprint density at radius 3 is 2.62 bits per heavy atom. The van der Waals surface area contributed by atoms with E-state index in [1.807, 2.05) is 0 Å². The van der Waals surface area contributed by atoms with Crippen molar-refractivity contribution in [2.75, 3.05) is 7.11 Å². The third kappa shape index (κ3) is 3.15. The highest BCUT2D eigenvalue weighted by Gasteiger charge is 2.28. The van der Waals surface area contributed by atoms with Gasteiger partial charge in [-0.25, -0.2) is 13.6 Å². The molecule has 3 rings (SSSR count). The van der Waals surface area contributed by atoms with Crippen LogP contribution in [-0.2, 0) is 9.53 Å². The van der Waals surface area contributed by atoms with Crippen molar-refractivity contribution in [1.29, 1.82) is 0 Å². The van der Waals surface area contributed by atoms with Crippen molar-refractivity contribution in [1.82, 2.24) is 0 Å². The molecule has 5 nitrogen and oxygen atoms in total. The number of aromatic hydroxyl groups is 1. The Bertz CT molecular complexity index is 1040. The Labute approximate surface area is 146 Å². The summed E-state index contributed by atoms with van der Waals surface area (Å²) in [6.45, 7) is 0. The SMILES string of the molecule is COC(=O)CC(c1ccc(F)c(F)c1)c1c(O)c2ccccc2oc1=O. The van der Waals surface area contributed by atoms with Crippen LogP contribution in [0.1, 0.15) is 23.5 Å². The van der Waals surface area contributed by atoms with E-state index in [4.69, 9.17) is 4.42 Å². The number of carbonyl (C=O) groups excluding carboxylic acids is 1. The summed E-state index contributed by atoms with van der Waals surface area (Å²) in [6, 6.07) is 9.31. The van der Waals surface area contributed by atoms with Crippen LogP contribution in [0.15, 0.2) is 51.7 Å². The normalized spacial score (nSPS) is 12.1. The highest BCUT2D eigenvalue weighted by molar-refractivity contribution is 5.84. The molecule has 0 fully saturated rings. The molecule has 0 radical (unpaired) electrons. The van der Waals surface area contributed by atoms with Gasteiger partial charge in [-0.2, -0.15) is 0 Å². The van der Waals surface area contributed by atoms with E-state index in [1.54, 1.807) is 12.1 Å². The van der Waals surface area contributed by atoms with Crippen molar-refractivity contribution in [3.05, 3.63) is 75.6 Å². The van der Waals surface area contributed by atoms with Gasteiger partial charge in [0, 0.05) is 5.92 Å². The van der Waals surface area contributed by atoms with Gasteiger partial charge in [-0.3, -0.25) is 4.79 Å². The second-order valence-electron chi connectivity index (χ2n) is 5.65. The van der Waals surface area contributed by atoms with Gasteiger partial charge >= 0.3 is 11.6 Å². The number of hydrogen-bond acceptors (Lipinski definition) is 5. The highest BCUT2D eigenvalue weighted by Crippen LogP contribution is 2.36. The van der Waals surface area contributed by atoms with E-state index in [-0.39, 0.29) is 34.3 Å². The number of ether oxygens (including phenoxy) is 1. The Morgan fingerprint density at radius 1 is 1.19 bits per heavy atom. The number of rotatable bonds is 4. The van der Waals surface area contributed by atoms with Crippen molar-refractivity contribution in [2.45, 2.75) is 12.3 Å². The van der Waals surface area contributed by atoms with Gasteiger partial charge in [0.15, 0.2) is 11.6 Å². The summed E-state index contributed by atoms with van der Waals surface area (Å²) >= 11 is 0. The number of hydrogen-bond donors (Lipinski definition) is 1. The minimum atomic E-state index is -1.14. The fourth-order valence-electron chi connectivity index (χ4n) is 2.82. The summed E-state index contributed by atoms with van der Waals surface area (Å²) in [6.07, 6.45) is -0.363. The number of para-hydroxylation sites is 1. The molecular formula is C19H14F2O5. The minimum absolute atomic E-state index is 0.132. The van der Waals surface area contributed by atoms with Crippen LogP contribution in [0.4, 0.5) is 8.78 Å². The van der Waals surface area contributed by atoms with Gasteiger partial charge in [0.25, 0.3) is 0 Å². The fraction of sp³-hybridized carbons (Fsp3) is 0.158. The lowest BCUT2D eigenvalue weighted by Gasteiger charge is -2.17. The van der Waals surface area contributed by atoms with Crippen LogP contribution in [0, 0.1) is 11.6 Å². The van der Waals surface area contributed by atoms with Crippen LogP contribution in [0.3, 0.4) is 0 Å². The number of halogens is 2. The maximum Gasteiger partial charge on any atom is 0.343 e. The van der Waals surface area contributed by atoms with Crippen molar-refractivity contribution in [2.24, 2.45) is 0 Å². The molecule has 0 amide bonds. The molecule has 0 aliphatic carbocycles. The fourth-order valence-corrected chi connectivity index (χ4v) is 2.82. The van der Waals surface area contributed by atoms with Gasteiger partial charge in [0.2, 0.25) is 0 Å². The maximum absolute atomic E-state index is 13.7. The number of esters is 1. The lowest BCUT2D eigenvalue weighted by molar-refractivity contribution is -0.140. The van der Waals surface area contributed by atoms with Gasteiger partial charge in [-0.15, -0.1) is 0 Å². The molecule has 7 heteroatoms. The van der Waals surface area contributed by atoms with E-state index in [2.05, 4.69) is 4.74 Å². The van der Waals surface area contributed by atoms with Crippen molar-refractivity contribution in [3.8, 4) is 5.75 Å². The number of methoxy groups -OCH3 is 1. The molecule has 26 heavy (non-hydrogen) atoms. The smallest absolute Gasteiger partial charge is 0.343 e. The summed E-state index contributed by atoms with van der Waals surface area (Å²) in [5.41, 5.74) is -0.798. The van der Waals surface area contributed by atoms with Gasteiger partial charge in [0.05, 0.1) is 24.5 Å². The van der Waals surface area contributed by atoms with E-state index < -0.39 is 29.1 Å². The maximum atomic E-state index is 13.7. The Balaban J connectivity index is 2.24. The number of benzene rings is 2. The lowest BCUT2D eigenvalue weighted by atomic mass is 9.88. The molecule has 1 atom stereocenters. The van der Waals surface area contributed by atoms with E-state index in [1.165, 1.54) is 18.2 Å². The van der Waals surface area contributed by atoms with Crippen LogP contribution in [0.5, 0.6) is 5.75 Å². The second kappa shape index (κ2) is 6.95. The Hall–Kier alpha value is -3.22. The largest absolute Gasteiger partial charge is 0.507 e. The first-order valence-corrected chi connectivity index (χ1v) is 7.68. The van der Waals surface area contributed by atoms with Gasteiger partial charge in [0.1, 0.15) is 11.3 Å². The second-order valence-corrected chi connectivity index (χ2v) is 5.65. The monoisotopic (exact) mass is 360 g/mol. The first-order valence-electron chi connectivity index (χ1n) is 7.68. The standard InChI is InChI=1S/C19H14F2O5/c1-25-16(22)9-12(10-6-7-13(20)14(21)8-10)17-18(23)11-4-2-3-5-15(11)26-19(17)24/h2-8,12,23H,9H2,1H3. The molecule has 0 aliphatic heterocycles. The molecule has 0 saturated carbocycles. The predicted molar refractivity (Wildman–Crippen MR) is 89.0 cm³/mol. The van der Waals surface area contributed by atoms with Crippen molar-refractivity contribution >= 4 is 16.9 Å². The molecule has 3 aromatic rings. The van der Waals surface area contributed by atoms with Crippen LogP contribution in [-0.4, -0.2) is 18.2 Å². The molecule has 1 aromatic heterocycles. The van der Waals surface area contributed by atoms with Crippen molar-refractivity contribution in [3.63, 3.8) is 0 Å². The zero-order chi connectivity index (χ0) is 18.8. The van der Waals surface area contributed by atoms with Gasteiger partial charge in [-0.1, -0.05) is 18.2 Å². The first kappa shape index (κ1) is 17.6. The van der Waals surface area contributed by atoms with Gasteiger partial charge in [-0.05, 0) is 29.8 Å². The average molecular weight is 360 g/mol. The predicted octanol–water partition coefficient (Wildman–Crippen LogP) is 3.47. The zero-order valence-electron chi connectivity index (χ0n) is 13.7. The van der Waals surface area contributed by atoms with Crippen LogP contribution < -0.4 is 5.63 Å². The zero-order valence-corrected chi connectivity index (χ0v) is 13.7. The van der Waals surface area contributed by atoms with E-state index in [0.29, 0.717) is 0 Å². The molecule has 0 aliphatic rings. The summed E-state index contributed by atoms with van der Waals surface area (Å²) in [5.74, 6) is -4.34. The third-order valence-corrected chi connectivity index (χ3v) is 4.11. The molecule has 0 spiro atoms. The average Bonchev–Trinajstić information content (AvgIpc) is 2.63. The van der Waals surface area contributed by atoms with E-state index in [0.717, 1.165) is 19.2 Å². The van der Waals surface area contributed by atoms with Crippen LogP contribution >= 0.6 is 0 Å². The molecule has 134 valence electrons. The van der Waals surface area contributed by atoms with Crippen molar-refractivity contribution < 1.29 is 27.8 Å². The van der Waals surface area contributed by atoms with Crippen LogP contribution in [0.2, 0.25) is 0 Å². The molecule has 1 unspecified atom stereocenters. The minimum Gasteiger partial charge on any atom is -0.507 e. The quantitative estimate of drug-likeness (QED) is 0.569. The molecule has 1 N–H and O–H groups in total. The summed E-state index contributed by atoms with van der Waals surface area (Å²) < 4.78 is 36.8. The summed E-state index contributed by atoms with van der Waals surface area (Å²) in [7, 11) is 1.16. The highest BCUT2D eigenvalue weighted by atomic mass is 19.2. The number of carbonyl (C=O) groups is 1. The van der Waals surface area contributed by atoms with Gasteiger partial charge < -0.3 is 14.3 Å². The molecular weight excluding hydrogens is 346 g/mol. The topological polar surface area (TPSA) is 76.7 Å². The lowest BCUT2D eigenvalue weighted by Crippen LogP contribution is -2.18. The first-order chi connectivity index (χ1) is 12.4. The molecule has 0 bridgehead atoms. The van der Waals surface area contributed by atoms with E-state index >= 15 is 0 Å². The Kier molecular flexibility index (Phi) is 4.71. The van der Waals surface area contributed by atoms with E-state index in [9.17, 15) is 23.5 Å². The molecule has 0 saturated heterocycles. The van der Waals surface area contributed by atoms with Crippen LogP contribution in [0.25, 0.3) is 11.0 Å².